The molecule has 3 aromatic rings. The van der Waals surface area contributed by atoms with Crippen LogP contribution in [0.15, 0.2) is 47.8 Å². The number of thiazole rings is 1. The van der Waals surface area contributed by atoms with Crippen LogP contribution >= 0.6 is 11.3 Å². The van der Waals surface area contributed by atoms with Crippen molar-refractivity contribution in [3.05, 3.63) is 81.1 Å². The number of halogens is 1. The van der Waals surface area contributed by atoms with E-state index in [1.807, 2.05) is 36.1 Å². The molecule has 1 aliphatic carbocycles. The van der Waals surface area contributed by atoms with E-state index in [0.29, 0.717) is 29.5 Å². The highest BCUT2D eigenvalue weighted by molar-refractivity contribution is 7.09. The molecule has 1 aliphatic heterocycles. The molecule has 1 atom stereocenters. The van der Waals surface area contributed by atoms with Gasteiger partial charge in [-0.15, -0.1) is 11.3 Å². The average Bonchev–Trinajstić information content (AvgIpc) is 3.58. The van der Waals surface area contributed by atoms with Gasteiger partial charge < -0.3 is 15.0 Å². The van der Waals surface area contributed by atoms with Gasteiger partial charge in [0, 0.05) is 24.4 Å². The maximum absolute atomic E-state index is 14.1. The van der Waals surface area contributed by atoms with E-state index in [0.717, 1.165) is 36.0 Å². The third kappa shape index (κ3) is 4.68. The van der Waals surface area contributed by atoms with Crippen molar-refractivity contribution in [2.24, 2.45) is 5.92 Å². The number of fused-ring (bicyclic) bond motifs is 1. The van der Waals surface area contributed by atoms with Crippen LogP contribution in [0.1, 0.15) is 58.0 Å². The highest BCUT2D eigenvalue weighted by Gasteiger charge is 2.39. The number of carbonyl (C=O) groups excluding carboxylic acids is 2. The quantitative estimate of drug-likeness (QED) is 0.542. The zero-order valence-corrected chi connectivity index (χ0v) is 19.7. The maximum Gasteiger partial charge on any atom is 0.270 e. The van der Waals surface area contributed by atoms with Crippen molar-refractivity contribution in [1.82, 2.24) is 15.2 Å². The minimum Gasteiger partial charge on any atom is -0.486 e. The Kier molecular flexibility index (Phi) is 6.32. The zero-order chi connectivity index (χ0) is 23.7. The number of nitrogens with one attached hydrogen (secondary N) is 1. The van der Waals surface area contributed by atoms with E-state index >= 15 is 0 Å². The summed E-state index contributed by atoms with van der Waals surface area (Å²) in [6.45, 7) is 3.26. The molecule has 2 heterocycles. The molecule has 8 heteroatoms. The van der Waals surface area contributed by atoms with Crippen LogP contribution in [0, 0.1) is 11.7 Å². The molecule has 6 nitrogen and oxygen atoms in total. The van der Waals surface area contributed by atoms with Gasteiger partial charge in [-0.25, -0.2) is 9.37 Å². The molecule has 5 rings (SSSR count). The first kappa shape index (κ1) is 22.5. The smallest absolute Gasteiger partial charge is 0.270 e. The molecule has 2 aromatic carbocycles. The Balaban J connectivity index is 1.41. The predicted molar refractivity (Wildman–Crippen MR) is 127 cm³/mol. The number of hydrogen-bond acceptors (Lipinski definition) is 5. The second-order valence-corrected chi connectivity index (χ2v) is 9.59. The van der Waals surface area contributed by atoms with Gasteiger partial charge in [0.15, 0.2) is 0 Å². The van der Waals surface area contributed by atoms with E-state index in [2.05, 4.69) is 10.3 Å². The van der Waals surface area contributed by atoms with Crippen LogP contribution in [0.5, 0.6) is 5.75 Å². The Morgan fingerprint density at radius 1 is 1.24 bits per heavy atom. The predicted octanol–water partition coefficient (Wildman–Crippen LogP) is 4.50. The third-order valence-electron chi connectivity index (χ3n) is 6.20. The molecule has 1 saturated carbocycles. The zero-order valence-electron chi connectivity index (χ0n) is 18.9. The summed E-state index contributed by atoms with van der Waals surface area (Å²) in [6.07, 6.45) is 2.60. The van der Waals surface area contributed by atoms with Crippen LogP contribution in [0.25, 0.3) is 0 Å². The Labute approximate surface area is 201 Å². The highest BCUT2D eigenvalue weighted by atomic mass is 32.1. The molecule has 2 aliphatic rings. The Hall–Kier alpha value is -3.26. The fourth-order valence-corrected chi connectivity index (χ4v) is 5.08. The number of hydrogen-bond donors (Lipinski definition) is 1. The standard InChI is InChI=1S/C26H26FN3O3S/c1-2-28-25(31)22-15-34-23(29-22)14-33-20-9-8-16-10-11-30(26(32)17-6-7-17)24(21(16)13-20)18-4-3-5-19(27)12-18/h3-5,8-9,12-13,15,17,24H,2,6-7,10-11,14H2,1H3,(H,28,31). The van der Waals surface area contributed by atoms with Crippen LogP contribution in [-0.2, 0) is 17.8 Å². The van der Waals surface area contributed by atoms with Crippen molar-refractivity contribution in [3.8, 4) is 5.75 Å². The number of rotatable bonds is 7. The summed E-state index contributed by atoms with van der Waals surface area (Å²) in [5.74, 6) is 0.364. The Bertz CT molecular complexity index is 1220. The van der Waals surface area contributed by atoms with E-state index < -0.39 is 0 Å². The van der Waals surface area contributed by atoms with Crippen molar-refractivity contribution in [3.63, 3.8) is 0 Å². The molecular formula is C26H26FN3O3S. The lowest BCUT2D eigenvalue weighted by molar-refractivity contribution is -0.134. The van der Waals surface area contributed by atoms with E-state index in [4.69, 9.17) is 4.74 Å². The van der Waals surface area contributed by atoms with Gasteiger partial charge in [-0.1, -0.05) is 18.2 Å². The molecule has 0 bridgehead atoms. The van der Waals surface area contributed by atoms with Crippen molar-refractivity contribution in [2.75, 3.05) is 13.1 Å². The number of amides is 2. The molecule has 1 N–H and O–H groups in total. The first-order valence-electron chi connectivity index (χ1n) is 11.6. The molecule has 0 spiro atoms. The molecule has 2 amide bonds. The third-order valence-corrected chi connectivity index (χ3v) is 7.03. The largest absolute Gasteiger partial charge is 0.486 e. The minimum atomic E-state index is -0.347. The summed E-state index contributed by atoms with van der Waals surface area (Å²) in [4.78, 5) is 31.3. The summed E-state index contributed by atoms with van der Waals surface area (Å²) in [5, 5.41) is 5.16. The number of aromatic nitrogens is 1. The number of benzene rings is 2. The first-order chi connectivity index (χ1) is 16.5. The number of nitrogens with zero attached hydrogens (tertiary/aromatic N) is 2. The first-order valence-corrected chi connectivity index (χ1v) is 12.5. The topological polar surface area (TPSA) is 71.5 Å². The van der Waals surface area contributed by atoms with Gasteiger partial charge in [-0.2, -0.15) is 0 Å². The molecule has 1 fully saturated rings. The number of carbonyl (C=O) groups is 2. The Morgan fingerprint density at radius 2 is 2.09 bits per heavy atom. The lowest BCUT2D eigenvalue weighted by Gasteiger charge is -2.38. The lowest BCUT2D eigenvalue weighted by Crippen LogP contribution is -2.41. The van der Waals surface area contributed by atoms with Gasteiger partial charge in [0.2, 0.25) is 5.91 Å². The van der Waals surface area contributed by atoms with Crippen LogP contribution in [-0.4, -0.2) is 34.8 Å². The second-order valence-electron chi connectivity index (χ2n) is 8.65. The normalized spacial score (nSPS) is 17.2. The van der Waals surface area contributed by atoms with Gasteiger partial charge in [0.25, 0.3) is 5.91 Å². The lowest BCUT2D eigenvalue weighted by atomic mass is 9.87. The minimum absolute atomic E-state index is 0.0843. The molecule has 0 saturated heterocycles. The summed E-state index contributed by atoms with van der Waals surface area (Å²) < 4.78 is 20.1. The van der Waals surface area contributed by atoms with Crippen LogP contribution in [0.2, 0.25) is 0 Å². The fraction of sp³-hybridized carbons (Fsp3) is 0.346. The SMILES string of the molecule is CCNC(=O)c1csc(COc2ccc3c(c2)C(c2cccc(F)c2)N(C(=O)C2CC2)CC3)n1. The van der Waals surface area contributed by atoms with Gasteiger partial charge in [-0.3, -0.25) is 9.59 Å². The number of ether oxygens (including phenoxy) is 1. The average molecular weight is 480 g/mol. The monoisotopic (exact) mass is 479 g/mol. The van der Waals surface area contributed by atoms with Crippen molar-refractivity contribution < 1.29 is 18.7 Å². The van der Waals surface area contributed by atoms with E-state index in [9.17, 15) is 14.0 Å². The van der Waals surface area contributed by atoms with E-state index in [-0.39, 0.29) is 36.2 Å². The van der Waals surface area contributed by atoms with E-state index in [1.165, 1.54) is 23.5 Å². The van der Waals surface area contributed by atoms with Gasteiger partial charge in [0.1, 0.15) is 28.9 Å². The molecule has 176 valence electrons. The van der Waals surface area contributed by atoms with Gasteiger partial charge >= 0.3 is 0 Å². The highest BCUT2D eigenvalue weighted by Crippen LogP contribution is 2.41. The van der Waals surface area contributed by atoms with Crippen LogP contribution in [0.4, 0.5) is 4.39 Å². The van der Waals surface area contributed by atoms with Crippen molar-refractivity contribution >= 4 is 23.2 Å². The molecule has 1 unspecified atom stereocenters. The molecule has 1 aromatic heterocycles. The summed E-state index contributed by atoms with van der Waals surface area (Å²) in [5.41, 5.74) is 3.25. The van der Waals surface area contributed by atoms with Crippen molar-refractivity contribution in [2.45, 2.75) is 38.8 Å². The van der Waals surface area contributed by atoms with Crippen LogP contribution < -0.4 is 10.1 Å². The fourth-order valence-electron chi connectivity index (χ4n) is 4.40. The maximum atomic E-state index is 14.1. The van der Waals surface area contributed by atoms with Crippen molar-refractivity contribution in [1.29, 1.82) is 0 Å². The van der Waals surface area contributed by atoms with Gasteiger partial charge in [-0.05, 0) is 67.1 Å². The molecular weight excluding hydrogens is 453 g/mol. The molecule has 0 radical (unpaired) electrons. The molecule has 34 heavy (non-hydrogen) atoms. The summed E-state index contributed by atoms with van der Waals surface area (Å²) in [7, 11) is 0. The second kappa shape index (κ2) is 9.54. The Morgan fingerprint density at radius 3 is 2.85 bits per heavy atom. The summed E-state index contributed by atoms with van der Waals surface area (Å²) in [6, 6.07) is 12.0. The van der Waals surface area contributed by atoms with Crippen LogP contribution in [0.3, 0.4) is 0 Å². The summed E-state index contributed by atoms with van der Waals surface area (Å²) >= 11 is 1.37. The van der Waals surface area contributed by atoms with E-state index in [1.54, 1.807) is 11.4 Å². The van der Waals surface area contributed by atoms with Gasteiger partial charge in [0.05, 0.1) is 6.04 Å².